The first-order valence-electron chi connectivity index (χ1n) is 9.71. The van der Waals surface area contributed by atoms with Gasteiger partial charge in [-0.05, 0) is 35.4 Å². The van der Waals surface area contributed by atoms with E-state index in [1.165, 1.54) is 36.2 Å². The number of aliphatic hydroxyl groups is 1. The van der Waals surface area contributed by atoms with E-state index in [-0.39, 0.29) is 23.7 Å². The maximum absolute atomic E-state index is 14.1. The largest absolute Gasteiger partial charge is 0.479 e. The summed E-state index contributed by atoms with van der Waals surface area (Å²) in [7, 11) is 0. The molecule has 0 saturated heterocycles. The number of aliphatic carboxylic acids is 1. The molecule has 1 aromatic heterocycles. The Morgan fingerprint density at radius 2 is 1.88 bits per heavy atom. The number of nitrogens with one attached hydrogen (secondary N) is 2. The lowest BCUT2D eigenvalue weighted by molar-refractivity contribution is -0.148. The number of rotatable bonds is 9. The van der Waals surface area contributed by atoms with Gasteiger partial charge in [-0.1, -0.05) is 35.9 Å². The Bertz CT molecular complexity index is 1180. The normalized spacial score (nSPS) is 11.9. The van der Waals surface area contributed by atoms with Crippen molar-refractivity contribution in [1.82, 2.24) is 20.6 Å². The van der Waals surface area contributed by atoms with Crippen molar-refractivity contribution >= 4 is 29.3 Å². The van der Waals surface area contributed by atoms with Crippen molar-refractivity contribution in [3.8, 4) is 11.1 Å². The molecule has 3 rings (SSSR count). The number of carbonyl (C=O) groups is 3. The minimum Gasteiger partial charge on any atom is -0.479 e. The predicted molar refractivity (Wildman–Crippen MR) is 117 cm³/mol. The van der Waals surface area contributed by atoms with Gasteiger partial charge in [0.1, 0.15) is 17.2 Å². The summed E-state index contributed by atoms with van der Waals surface area (Å²) in [6, 6.07) is 12.1. The van der Waals surface area contributed by atoms with Crippen LogP contribution in [0.15, 0.2) is 48.5 Å². The van der Waals surface area contributed by atoms with Crippen molar-refractivity contribution in [1.29, 1.82) is 0 Å². The van der Waals surface area contributed by atoms with Crippen molar-refractivity contribution in [2.75, 3.05) is 6.54 Å². The van der Waals surface area contributed by atoms with Crippen LogP contribution in [-0.4, -0.2) is 55.7 Å². The number of aromatic nitrogens is 2. The molecule has 33 heavy (non-hydrogen) atoms. The van der Waals surface area contributed by atoms with E-state index in [9.17, 15) is 23.9 Å². The SMILES string of the molecule is CC(=O)c1cc(C(=O)NN(Cc2ccc(-c3cc(Cl)ccc3F)cc2)C[C@H](O)C(=O)O)[nH]n1. The van der Waals surface area contributed by atoms with Crippen molar-refractivity contribution in [2.24, 2.45) is 0 Å². The molecule has 4 N–H and O–H groups in total. The molecule has 11 heteroatoms. The second-order valence-corrected chi connectivity index (χ2v) is 7.66. The highest BCUT2D eigenvalue weighted by atomic mass is 35.5. The Balaban J connectivity index is 1.77. The molecule has 0 bridgehead atoms. The third-order valence-electron chi connectivity index (χ3n) is 4.69. The standard InChI is InChI=1S/C22H20ClFN4O5/c1-12(29)18-9-19(26-25-18)21(31)27-28(11-20(30)22(32)33)10-13-2-4-14(5-3-13)16-8-15(23)6-7-17(16)24/h2-9,20,30H,10-11H2,1H3,(H,25,26)(H,27,31)(H,32,33)/t20-/m0/s1. The Kier molecular flexibility index (Phi) is 7.54. The maximum Gasteiger partial charge on any atom is 0.333 e. The van der Waals surface area contributed by atoms with Crippen LogP contribution in [0.25, 0.3) is 11.1 Å². The third kappa shape index (κ3) is 6.22. The number of carboxylic acid groups (broad SMARTS) is 1. The Morgan fingerprint density at radius 3 is 2.48 bits per heavy atom. The van der Waals surface area contributed by atoms with Gasteiger partial charge in [0.05, 0.1) is 6.54 Å². The van der Waals surface area contributed by atoms with E-state index >= 15 is 0 Å². The summed E-state index contributed by atoms with van der Waals surface area (Å²) in [5.41, 5.74) is 4.10. The second-order valence-electron chi connectivity index (χ2n) is 7.22. The van der Waals surface area contributed by atoms with Gasteiger partial charge < -0.3 is 10.2 Å². The smallest absolute Gasteiger partial charge is 0.333 e. The fraction of sp³-hybridized carbons (Fsp3) is 0.182. The number of carbonyl (C=O) groups excluding carboxylic acids is 2. The van der Waals surface area contributed by atoms with E-state index < -0.39 is 30.3 Å². The number of H-pyrrole nitrogens is 1. The van der Waals surface area contributed by atoms with Crippen LogP contribution >= 0.6 is 11.6 Å². The number of halogens is 2. The van der Waals surface area contributed by atoms with Gasteiger partial charge in [0.2, 0.25) is 0 Å². The molecule has 3 aromatic rings. The molecule has 0 aliphatic carbocycles. The van der Waals surface area contributed by atoms with Gasteiger partial charge in [-0.15, -0.1) is 0 Å². The van der Waals surface area contributed by atoms with Crippen LogP contribution < -0.4 is 5.43 Å². The van der Waals surface area contributed by atoms with Crippen LogP contribution in [0.1, 0.15) is 33.5 Å². The van der Waals surface area contributed by atoms with Gasteiger partial charge in [-0.25, -0.2) is 14.2 Å². The summed E-state index contributed by atoms with van der Waals surface area (Å²) < 4.78 is 14.1. The summed E-state index contributed by atoms with van der Waals surface area (Å²) in [6.07, 6.45) is -1.76. The summed E-state index contributed by atoms with van der Waals surface area (Å²) in [4.78, 5) is 35.0. The van der Waals surface area contributed by atoms with E-state index in [2.05, 4.69) is 15.6 Å². The number of hydrazine groups is 1. The molecular formula is C22H20ClFN4O5. The number of carboxylic acids is 1. The molecule has 0 aliphatic rings. The lowest BCUT2D eigenvalue weighted by atomic mass is 10.0. The Hall–Kier alpha value is -3.60. The van der Waals surface area contributed by atoms with E-state index in [0.717, 1.165) is 0 Å². The van der Waals surface area contributed by atoms with Crippen molar-refractivity contribution in [3.63, 3.8) is 0 Å². The number of hydrogen-bond acceptors (Lipinski definition) is 6. The zero-order valence-corrected chi connectivity index (χ0v) is 18.1. The maximum atomic E-state index is 14.1. The molecule has 172 valence electrons. The van der Waals surface area contributed by atoms with Crippen LogP contribution in [0, 0.1) is 5.82 Å². The van der Waals surface area contributed by atoms with Gasteiger partial charge in [-0.2, -0.15) is 5.10 Å². The third-order valence-corrected chi connectivity index (χ3v) is 4.92. The number of hydrogen-bond donors (Lipinski definition) is 4. The lowest BCUT2D eigenvalue weighted by Crippen LogP contribution is -2.47. The summed E-state index contributed by atoms with van der Waals surface area (Å²) in [6.45, 7) is 0.911. The Morgan fingerprint density at radius 1 is 1.18 bits per heavy atom. The van der Waals surface area contributed by atoms with Gasteiger partial charge in [-0.3, -0.25) is 20.1 Å². The molecule has 1 heterocycles. The molecule has 0 spiro atoms. The van der Waals surface area contributed by atoms with E-state index in [1.807, 2.05) is 0 Å². The highest BCUT2D eigenvalue weighted by molar-refractivity contribution is 6.30. The fourth-order valence-corrected chi connectivity index (χ4v) is 3.16. The van der Waals surface area contributed by atoms with Gasteiger partial charge in [0.15, 0.2) is 11.9 Å². The summed E-state index contributed by atoms with van der Waals surface area (Å²) in [5, 5.41) is 26.6. The van der Waals surface area contributed by atoms with Crippen LogP contribution in [0.2, 0.25) is 5.02 Å². The van der Waals surface area contributed by atoms with Crippen LogP contribution in [0.3, 0.4) is 0 Å². The van der Waals surface area contributed by atoms with Crippen molar-refractivity contribution in [3.05, 3.63) is 76.3 Å². The highest BCUT2D eigenvalue weighted by Gasteiger charge is 2.21. The van der Waals surface area contributed by atoms with Gasteiger partial charge >= 0.3 is 5.97 Å². The second kappa shape index (κ2) is 10.3. The first kappa shape index (κ1) is 24.1. The van der Waals surface area contributed by atoms with Gasteiger partial charge in [0, 0.05) is 24.1 Å². The molecule has 0 aliphatic heterocycles. The van der Waals surface area contributed by atoms with Crippen LogP contribution in [-0.2, 0) is 11.3 Å². The molecule has 2 aromatic carbocycles. The van der Waals surface area contributed by atoms with E-state index in [1.54, 1.807) is 24.3 Å². The monoisotopic (exact) mass is 474 g/mol. The number of aliphatic hydroxyl groups excluding tert-OH is 1. The van der Waals surface area contributed by atoms with Crippen LogP contribution in [0.4, 0.5) is 4.39 Å². The molecule has 1 amide bonds. The summed E-state index contributed by atoms with van der Waals surface area (Å²) in [5.74, 6) is -2.90. The first-order valence-corrected chi connectivity index (χ1v) is 10.1. The number of benzene rings is 2. The zero-order chi connectivity index (χ0) is 24.1. The number of nitrogens with zero attached hydrogens (tertiary/aromatic N) is 2. The Labute approximate surface area is 192 Å². The van der Waals surface area contributed by atoms with Crippen molar-refractivity contribution < 1.29 is 29.0 Å². The van der Waals surface area contributed by atoms with Gasteiger partial charge in [0.25, 0.3) is 5.91 Å². The minimum absolute atomic E-state index is 0.0122. The fourth-order valence-electron chi connectivity index (χ4n) is 2.99. The van der Waals surface area contributed by atoms with Crippen LogP contribution in [0.5, 0.6) is 0 Å². The molecule has 0 fully saturated rings. The average Bonchev–Trinajstić information content (AvgIpc) is 3.27. The first-order chi connectivity index (χ1) is 15.6. The number of ketones is 1. The predicted octanol–water partition coefficient (Wildman–Crippen LogP) is 2.66. The molecule has 0 saturated carbocycles. The van der Waals surface area contributed by atoms with Crippen molar-refractivity contribution in [2.45, 2.75) is 19.6 Å². The number of Topliss-reactive ketones (excluding diaryl/α,β-unsaturated/α-hetero) is 1. The van der Waals surface area contributed by atoms with E-state index in [4.69, 9.17) is 16.7 Å². The summed E-state index contributed by atoms with van der Waals surface area (Å²) >= 11 is 5.95. The molecule has 9 nitrogen and oxygen atoms in total. The lowest BCUT2D eigenvalue weighted by Gasteiger charge is -2.24. The molecule has 1 atom stereocenters. The highest BCUT2D eigenvalue weighted by Crippen LogP contribution is 2.26. The molecule has 0 unspecified atom stereocenters. The zero-order valence-electron chi connectivity index (χ0n) is 17.4. The topological polar surface area (TPSA) is 136 Å². The number of aromatic amines is 1. The average molecular weight is 475 g/mol. The quantitative estimate of drug-likeness (QED) is 0.276. The molecular weight excluding hydrogens is 455 g/mol. The minimum atomic E-state index is -1.76. The number of amides is 1. The van der Waals surface area contributed by atoms with E-state index in [0.29, 0.717) is 21.7 Å². The molecule has 0 radical (unpaired) electrons.